The van der Waals surface area contributed by atoms with E-state index in [0.717, 1.165) is 0 Å². The highest BCUT2D eigenvalue weighted by molar-refractivity contribution is 6.32. The van der Waals surface area contributed by atoms with Gasteiger partial charge in [0.15, 0.2) is 0 Å². The van der Waals surface area contributed by atoms with Gasteiger partial charge in [0.2, 0.25) is 0 Å². The Morgan fingerprint density at radius 3 is 2.64 bits per heavy atom. The van der Waals surface area contributed by atoms with Crippen LogP contribution in [0.15, 0.2) is 12.1 Å². The van der Waals surface area contributed by atoms with E-state index in [1.807, 2.05) is 0 Å². The normalized spacial score (nSPS) is 12.5. The predicted octanol–water partition coefficient (Wildman–Crippen LogP) is 2.37. The summed E-state index contributed by atoms with van der Waals surface area (Å²) < 4.78 is 13.3. The maximum Gasteiger partial charge on any atom is 0.310 e. The van der Waals surface area contributed by atoms with Crippen molar-refractivity contribution in [3.05, 3.63) is 28.5 Å². The molecule has 0 aliphatic heterocycles. The minimum absolute atomic E-state index is 0.0414. The molecule has 1 aromatic rings. The van der Waals surface area contributed by atoms with Crippen LogP contribution in [0.1, 0.15) is 18.4 Å². The van der Waals surface area contributed by atoms with E-state index in [9.17, 15) is 9.18 Å². The molecule has 14 heavy (non-hydrogen) atoms. The van der Waals surface area contributed by atoms with Crippen LogP contribution in [0.5, 0.6) is 5.75 Å². The van der Waals surface area contributed by atoms with Crippen molar-refractivity contribution in [1.29, 1.82) is 0 Å². The summed E-state index contributed by atoms with van der Waals surface area (Å²) in [5.74, 6) is -3.43. The van der Waals surface area contributed by atoms with E-state index in [0.29, 0.717) is 0 Å². The van der Waals surface area contributed by atoms with Crippen molar-refractivity contribution < 1.29 is 19.4 Å². The zero-order chi connectivity index (χ0) is 10.9. The molecule has 0 saturated heterocycles. The molecule has 0 amide bonds. The summed E-state index contributed by atoms with van der Waals surface area (Å²) in [5.41, 5.74) is -0.0414. The molecule has 1 unspecified atom stereocenters. The lowest BCUT2D eigenvalue weighted by molar-refractivity contribution is -0.138. The van der Waals surface area contributed by atoms with E-state index in [-0.39, 0.29) is 5.56 Å². The first kappa shape index (κ1) is 10.8. The van der Waals surface area contributed by atoms with E-state index in [1.165, 1.54) is 19.1 Å². The second-order valence-electron chi connectivity index (χ2n) is 2.86. The van der Waals surface area contributed by atoms with Crippen LogP contribution >= 0.6 is 11.6 Å². The lowest BCUT2D eigenvalue weighted by Crippen LogP contribution is -2.09. The predicted molar refractivity (Wildman–Crippen MR) is 49.1 cm³/mol. The SMILES string of the molecule is CC(C(=O)O)c1ccc(O)c(Cl)c1F. The zero-order valence-corrected chi connectivity index (χ0v) is 8.05. The molecule has 5 heteroatoms. The second kappa shape index (κ2) is 3.84. The van der Waals surface area contributed by atoms with Gasteiger partial charge in [-0.05, 0) is 13.0 Å². The minimum Gasteiger partial charge on any atom is -0.506 e. The monoisotopic (exact) mass is 218 g/mol. The standard InChI is InChI=1S/C9H8ClFO3/c1-4(9(13)14)5-2-3-6(12)7(10)8(5)11/h2-4,12H,1H3,(H,13,14). The van der Waals surface area contributed by atoms with Gasteiger partial charge in [0.1, 0.15) is 16.6 Å². The van der Waals surface area contributed by atoms with Crippen LogP contribution in [-0.4, -0.2) is 16.2 Å². The van der Waals surface area contributed by atoms with Gasteiger partial charge in [-0.25, -0.2) is 4.39 Å². The number of hydrogen-bond donors (Lipinski definition) is 2. The fourth-order valence-electron chi connectivity index (χ4n) is 1.02. The Morgan fingerprint density at radius 2 is 2.14 bits per heavy atom. The van der Waals surface area contributed by atoms with Crippen LogP contribution < -0.4 is 0 Å². The molecule has 1 aromatic carbocycles. The molecule has 0 aliphatic carbocycles. The van der Waals surface area contributed by atoms with Gasteiger partial charge in [-0.2, -0.15) is 0 Å². The highest BCUT2D eigenvalue weighted by atomic mass is 35.5. The molecule has 2 N–H and O–H groups in total. The number of hydrogen-bond acceptors (Lipinski definition) is 2. The maximum absolute atomic E-state index is 13.3. The molecular formula is C9H8ClFO3. The first-order valence-corrected chi connectivity index (χ1v) is 4.22. The van der Waals surface area contributed by atoms with Crippen molar-refractivity contribution in [3.63, 3.8) is 0 Å². The topological polar surface area (TPSA) is 57.5 Å². The third-order valence-corrected chi connectivity index (χ3v) is 2.29. The first-order valence-electron chi connectivity index (χ1n) is 3.84. The Hall–Kier alpha value is -1.29. The van der Waals surface area contributed by atoms with Gasteiger partial charge >= 0.3 is 5.97 Å². The van der Waals surface area contributed by atoms with E-state index in [2.05, 4.69) is 0 Å². The number of rotatable bonds is 2. The van der Waals surface area contributed by atoms with Crippen LogP contribution in [-0.2, 0) is 4.79 Å². The fraction of sp³-hybridized carbons (Fsp3) is 0.222. The van der Waals surface area contributed by atoms with Gasteiger partial charge in [-0.1, -0.05) is 17.7 Å². The molecule has 0 bridgehead atoms. The summed E-state index contributed by atoms with van der Waals surface area (Å²) in [5, 5.41) is 17.2. The molecule has 1 atom stereocenters. The quantitative estimate of drug-likeness (QED) is 0.801. The van der Waals surface area contributed by atoms with Crippen LogP contribution in [0.2, 0.25) is 5.02 Å². The van der Waals surface area contributed by atoms with Gasteiger partial charge in [0.05, 0.1) is 5.92 Å². The van der Waals surface area contributed by atoms with E-state index >= 15 is 0 Å². The van der Waals surface area contributed by atoms with Crippen LogP contribution in [0.4, 0.5) is 4.39 Å². The van der Waals surface area contributed by atoms with Gasteiger partial charge in [-0.15, -0.1) is 0 Å². The molecule has 0 saturated carbocycles. The molecule has 76 valence electrons. The number of halogens is 2. The first-order chi connectivity index (χ1) is 6.45. The smallest absolute Gasteiger partial charge is 0.310 e. The minimum atomic E-state index is -1.15. The molecule has 0 aromatic heterocycles. The van der Waals surface area contributed by atoms with E-state index < -0.39 is 28.5 Å². The number of carboxylic acid groups (broad SMARTS) is 1. The van der Waals surface area contributed by atoms with Crippen molar-refractivity contribution in [2.75, 3.05) is 0 Å². The number of carbonyl (C=O) groups is 1. The highest BCUT2D eigenvalue weighted by Crippen LogP contribution is 2.31. The lowest BCUT2D eigenvalue weighted by atomic mass is 10.0. The van der Waals surface area contributed by atoms with E-state index in [1.54, 1.807) is 0 Å². The van der Waals surface area contributed by atoms with Gasteiger partial charge in [0.25, 0.3) is 0 Å². The number of phenols is 1. The Kier molecular flexibility index (Phi) is 2.96. The molecule has 3 nitrogen and oxygen atoms in total. The van der Waals surface area contributed by atoms with Crippen molar-refractivity contribution in [1.82, 2.24) is 0 Å². The number of aromatic hydroxyl groups is 1. The zero-order valence-electron chi connectivity index (χ0n) is 7.29. The maximum atomic E-state index is 13.3. The summed E-state index contributed by atoms with van der Waals surface area (Å²) in [6, 6.07) is 2.37. The Bertz CT molecular complexity index is 379. The number of aliphatic carboxylic acids is 1. The van der Waals surface area contributed by atoms with Crippen molar-refractivity contribution >= 4 is 17.6 Å². The fourth-order valence-corrected chi connectivity index (χ4v) is 1.19. The van der Waals surface area contributed by atoms with E-state index in [4.69, 9.17) is 21.8 Å². The molecule has 0 aliphatic rings. The highest BCUT2D eigenvalue weighted by Gasteiger charge is 2.20. The average Bonchev–Trinajstić information content (AvgIpc) is 2.13. The summed E-state index contributed by atoms with van der Waals surface area (Å²) in [6.45, 7) is 1.34. The van der Waals surface area contributed by atoms with Gasteiger partial charge in [-0.3, -0.25) is 4.79 Å². The summed E-state index contributed by atoms with van der Waals surface area (Å²) in [6.07, 6.45) is 0. The molecule has 0 spiro atoms. The molecular weight excluding hydrogens is 211 g/mol. The molecule has 1 rings (SSSR count). The number of phenolic OH excluding ortho intramolecular Hbond substituents is 1. The van der Waals surface area contributed by atoms with Crippen LogP contribution in [0.3, 0.4) is 0 Å². The summed E-state index contributed by atoms with van der Waals surface area (Å²) in [4.78, 5) is 10.6. The number of carboxylic acids is 1. The summed E-state index contributed by atoms with van der Waals surface area (Å²) in [7, 11) is 0. The Labute approximate surface area is 84.7 Å². The third-order valence-electron chi connectivity index (χ3n) is 1.93. The van der Waals surface area contributed by atoms with Gasteiger partial charge in [0, 0.05) is 5.56 Å². The average molecular weight is 219 g/mol. The largest absolute Gasteiger partial charge is 0.506 e. The lowest BCUT2D eigenvalue weighted by Gasteiger charge is -2.09. The number of benzene rings is 1. The summed E-state index contributed by atoms with van der Waals surface area (Å²) >= 11 is 5.41. The third kappa shape index (κ3) is 1.80. The molecule has 0 fully saturated rings. The van der Waals surface area contributed by atoms with Crippen molar-refractivity contribution in [2.45, 2.75) is 12.8 Å². The second-order valence-corrected chi connectivity index (χ2v) is 3.24. The molecule has 0 radical (unpaired) electrons. The molecule has 0 heterocycles. The Morgan fingerprint density at radius 1 is 1.57 bits per heavy atom. The van der Waals surface area contributed by atoms with Crippen molar-refractivity contribution in [2.24, 2.45) is 0 Å². The van der Waals surface area contributed by atoms with Gasteiger partial charge < -0.3 is 10.2 Å². The Balaban J connectivity index is 3.24. The van der Waals surface area contributed by atoms with Crippen LogP contribution in [0, 0.1) is 5.82 Å². The van der Waals surface area contributed by atoms with Crippen LogP contribution in [0.25, 0.3) is 0 Å². The van der Waals surface area contributed by atoms with Crippen molar-refractivity contribution in [3.8, 4) is 5.75 Å².